The number of aliphatic hydroxyl groups is 1. The van der Waals surface area contributed by atoms with Crippen molar-refractivity contribution in [2.24, 2.45) is 0 Å². The van der Waals surface area contributed by atoms with E-state index in [1.54, 1.807) is 0 Å². The molecule has 0 aliphatic carbocycles. The average Bonchev–Trinajstić information content (AvgIpc) is 1.74. The number of hydrogen-bond acceptors (Lipinski definition) is 61. The van der Waals surface area contributed by atoms with Gasteiger partial charge in [0.25, 0.3) is 11.8 Å². The third-order valence-electron chi connectivity index (χ3n) is 21.1. The van der Waals surface area contributed by atoms with Crippen LogP contribution in [0.4, 0.5) is 0 Å². The molecule has 0 saturated carbocycles. The van der Waals surface area contributed by atoms with E-state index in [1.807, 2.05) is 0 Å². The zero-order valence-corrected chi connectivity index (χ0v) is 78.0. The fourth-order valence-electron chi connectivity index (χ4n) is 15.8. The lowest BCUT2D eigenvalue weighted by molar-refractivity contribution is -0.437. The fraction of sp³-hybridized carbons (Fsp3) is 0.873. The van der Waals surface area contributed by atoms with Gasteiger partial charge < -0.3 is 128 Å². The van der Waals surface area contributed by atoms with E-state index in [2.05, 4.69) is 45.9 Å². The Bertz CT molecular complexity index is 4090. The molecule has 2 amide bonds. The first kappa shape index (κ1) is 114. The number of amides is 2. The second-order valence-corrected chi connectivity index (χ2v) is 34.5. The van der Waals surface area contributed by atoms with Gasteiger partial charge in [0, 0.05) is 92.4 Å². The predicted octanol–water partition coefficient (Wildman–Crippen LogP) is -3.13. The number of benzene rings is 1. The van der Waals surface area contributed by atoms with Crippen LogP contribution in [0.3, 0.4) is 0 Å². The molecule has 8 heterocycles. The van der Waals surface area contributed by atoms with Gasteiger partial charge in [-0.1, -0.05) is 32.3 Å². The lowest BCUT2D eigenvalue weighted by atomic mass is 9.94. The molecule has 9 N–H and O–H groups in total. The first-order valence-corrected chi connectivity index (χ1v) is 46.2. The summed E-state index contributed by atoms with van der Waals surface area (Å²) in [5.74, 6) is -1.91. The molecular formula is C63H101NO61S8. The second-order valence-electron chi connectivity index (χ2n) is 28.3. The van der Waals surface area contributed by atoms with E-state index in [4.69, 9.17) is 164 Å². The summed E-state index contributed by atoms with van der Waals surface area (Å²) in [6.45, 7) is -5.83. The van der Waals surface area contributed by atoms with Gasteiger partial charge in [-0.3, -0.25) is 49.4 Å². The Kier molecular flexibility index (Phi) is 46.6. The van der Waals surface area contributed by atoms with Crippen LogP contribution >= 0.6 is 49.3 Å². The Morgan fingerprint density at radius 3 is 0.850 bits per heavy atom. The molecule has 0 spiro atoms. The summed E-state index contributed by atoms with van der Waals surface area (Å²) in [6, 6.07) is 5.50. The predicted molar refractivity (Wildman–Crippen MR) is 415 cm³/mol. The summed E-state index contributed by atoms with van der Waals surface area (Å²) < 4.78 is 361. The van der Waals surface area contributed by atoms with E-state index in [1.165, 1.54) is 102 Å². The van der Waals surface area contributed by atoms with Crippen molar-refractivity contribution in [3.63, 3.8) is 0 Å². The van der Waals surface area contributed by atoms with Crippen LogP contribution in [0.5, 0.6) is 0 Å². The second kappa shape index (κ2) is 54.3. The van der Waals surface area contributed by atoms with Crippen molar-refractivity contribution in [3.8, 4) is 0 Å². The summed E-state index contributed by atoms with van der Waals surface area (Å²) in [5, 5.41) is 61.8. The number of imide groups is 1. The molecule has 1 aromatic rings. The molecule has 8 aliphatic rings. The van der Waals surface area contributed by atoms with E-state index in [9.17, 15) is 71.8 Å². The monoisotopic (exact) mass is 2100 g/mol. The zero-order valence-electron chi connectivity index (χ0n) is 71.4. The number of ether oxygens (including phenoxy) is 26. The lowest BCUT2D eigenvalue weighted by Crippen LogP contribution is -2.70. The van der Waals surface area contributed by atoms with Crippen molar-refractivity contribution >= 4 is 103 Å². The quantitative estimate of drug-likeness (QED) is 0.00778. The highest BCUT2D eigenvalue weighted by molar-refractivity contribution is 7.90. The molecule has 772 valence electrons. The molecule has 0 radical (unpaired) electrons. The molecule has 8 aliphatic heterocycles. The van der Waals surface area contributed by atoms with Crippen molar-refractivity contribution in [1.82, 2.24) is 4.90 Å². The summed E-state index contributed by atoms with van der Waals surface area (Å²) in [4.78, 5) is 29.8. The van der Waals surface area contributed by atoms with Gasteiger partial charge in [0.15, 0.2) is 106 Å². The molecule has 0 bridgehead atoms. The Morgan fingerprint density at radius 1 is 0.301 bits per heavy atom. The van der Waals surface area contributed by atoms with Crippen molar-refractivity contribution in [2.75, 3.05) is 139 Å². The third kappa shape index (κ3) is 30.1. The van der Waals surface area contributed by atoms with Gasteiger partial charge in [0.05, 0.1) is 57.3 Å². The SMILES string of the molecule is COCC1O[C@@H](O[C@H]2C(OC)C(OC)[C@@H](O[C@H]3C(OC)C(OC)[C@H](O[C@@H]4C(COS(=O)(=O)O)O[C@@H](O)C(OC)[C@H]4OC)O[C@H]3COC)O[C@H]2COC)C(OC)[C@@H](OC)[C@@H]1O[C@H]1OC(CN2C(=O)c3ccccc3C2=O)[C@@H](O[C@@H]2O[C@@H](COS(=O)(=O)O)[C@@H](O[C@H]3O[C@@H](COS(=O)(=O)O)[C@@H](OSOOO)C(OSOOO)C3OSOOO)C(OSOOO)C2OS(=O)(=O)O)[C@H](OC)C1OC. The van der Waals surface area contributed by atoms with Crippen LogP contribution < -0.4 is 0 Å². The average molecular weight is 2100 g/mol. The van der Waals surface area contributed by atoms with Crippen molar-refractivity contribution in [1.29, 1.82) is 0 Å². The van der Waals surface area contributed by atoms with Crippen molar-refractivity contribution < 1.29 is 282 Å². The molecule has 70 heteroatoms. The molecule has 1 aromatic carbocycles. The molecule has 133 heavy (non-hydrogen) atoms. The molecule has 14 unspecified atom stereocenters. The number of rotatable bonds is 57. The number of hydrogen-bond donors (Lipinski definition) is 9. The Hall–Kier alpha value is -2.48. The van der Waals surface area contributed by atoms with E-state index in [0.29, 0.717) is 4.90 Å². The van der Waals surface area contributed by atoms with E-state index < -0.39 is 314 Å². The number of aliphatic hydroxyl groups excluding tert-OH is 1. The number of methoxy groups -OCH3 is 13. The number of carbonyl (C=O) groups is 2. The first-order chi connectivity index (χ1) is 63.5. The first-order valence-electron chi connectivity index (χ1n) is 38.1. The maximum absolute atomic E-state index is 14.6. The highest BCUT2D eigenvalue weighted by Gasteiger charge is 2.63. The number of fused-ring (bicyclic) bond motifs is 1. The molecule has 62 nitrogen and oxygen atoms in total. The Labute approximate surface area is 774 Å². The van der Waals surface area contributed by atoms with Crippen LogP contribution in [0, 0.1) is 0 Å². The zero-order chi connectivity index (χ0) is 97.4. The number of nitrogens with zero attached hydrogens (tertiary/aromatic N) is 1. The van der Waals surface area contributed by atoms with Gasteiger partial charge in [0.2, 0.25) is 0 Å². The van der Waals surface area contributed by atoms with Gasteiger partial charge in [-0.15, -0.1) is 17.3 Å². The van der Waals surface area contributed by atoms with Crippen LogP contribution in [0.2, 0.25) is 0 Å². The van der Waals surface area contributed by atoms with Crippen molar-refractivity contribution in [3.05, 3.63) is 35.4 Å². The summed E-state index contributed by atoms with van der Waals surface area (Å²) in [7, 11) is -6.04. The maximum atomic E-state index is 14.6. The minimum atomic E-state index is -6.05. The Balaban J connectivity index is 1.06. The minimum absolute atomic E-state index is 0.137. The molecule has 7 saturated heterocycles. The van der Waals surface area contributed by atoms with Crippen LogP contribution in [-0.4, -0.2) is 448 Å². The summed E-state index contributed by atoms with van der Waals surface area (Å²) in [5.41, 5.74) is -0.274. The van der Waals surface area contributed by atoms with Gasteiger partial charge in [-0.05, 0) is 12.1 Å². The Morgan fingerprint density at radius 2 is 0.549 bits per heavy atom. The van der Waals surface area contributed by atoms with Crippen LogP contribution in [-0.2, 0) is 236 Å². The minimum Gasteiger partial charge on any atom is -0.382 e. The normalized spacial score (nSPS) is 37.2. The van der Waals surface area contributed by atoms with Crippen molar-refractivity contribution in [2.45, 2.75) is 215 Å². The highest BCUT2D eigenvalue weighted by Crippen LogP contribution is 2.45. The van der Waals surface area contributed by atoms with Crippen LogP contribution in [0.1, 0.15) is 20.7 Å². The summed E-state index contributed by atoms with van der Waals surface area (Å²) in [6.07, 6.45) is -61.3. The molecule has 9 rings (SSSR count). The fourth-order valence-corrected chi connectivity index (χ4v) is 18.6. The molecule has 7 fully saturated rings. The van der Waals surface area contributed by atoms with Crippen LogP contribution in [0.15, 0.2) is 24.3 Å². The van der Waals surface area contributed by atoms with Gasteiger partial charge in [0.1, 0.15) is 159 Å². The number of carbonyl (C=O) groups excluding carboxylic acids is 2. The van der Waals surface area contributed by atoms with Gasteiger partial charge in [-0.25, -0.2) is 37.8 Å². The molecular weight excluding hydrogens is 2000 g/mol. The van der Waals surface area contributed by atoms with Crippen LogP contribution in [0.25, 0.3) is 0 Å². The standard InChI is InChI=1S/C63H101NO61S8/c1-84-19-28-35(43(89-6)50(94-11)59(102-28)109-36-29(20-85-2)103-60(51(95-12)44(36)90-7)110-37-30(21-86-3)104-61(52(96-13)45(37)91-8)111-38-31(22-97-130(72,73)74)100-57(67)48(92-9)41(38)87-4)108-58-49(93-10)42(88-5)34(27(101-58)18-64-55(65)25-16-14-15-17-26(25)56(64)66)107-63-54(117-133(81,82)83)46(114-127-123-119-69)39(32(105-63)23-98-131(75,76)77)112-62-53(116-129-125-121-71)47(115-128-124-120-70)40(113-126-122-118-68)33(106-62)24-99-132(78,79)80/h14-17,27-54,57-63,67-71H,18-24H2,1-13H3,(H,72,73,74)(H,75,76,77)(H,78,79,80)(H,81,82,83)/t27?,28?,29-,30-,31?,32-,33-,34+,35+,36+,37+,38+,39+,40+,41-,42-,43-,44?,45?,46?,47?,48?,49?,50?,51?,52?,53?,54?,57+,58+,59-,60+,61-,62+,63-/m0/s1. The van der Waals surface area contributed by atoms with Gasteiger partial charge in [-0.2, -0.15) is 33.7 Å². The van der Waals surface area contributed by atoms with E-state index in [-0.39, 0.29) is 61.3 Å². The maximum Gasteiger partial charge on any atom is 0.397 e. The van der Waals surface area contributed by atoms with E-state index >= 15 is 0 Å². The topological polar surface area (TPSA) is 744 Å². The largest absolute Gasteiger partial charge is 0.397 e. The van der Waals surface area contributed by atoms with E-state index in [0.717, 1.165) is 14.2 Å². The molecule has 35 atom stereocenters. The summed E-state index contributed by atoms with van der Waals surface area (Å²) >= 11 is -1.38. The molecule has 0 aromatic heterocycles. The smallest absolute Gasteiger partial charge is 0.382 e. The highest BCUT2D eigenvalue weighted by atomic mass is 32.3. The lowest BCUT2D eigenvalue weighted by Gasteiger charge is -2.52. The van der Waals surface area contributed by atoms with Gasteiger partial charge >= 0.3 is 41.6 Å². The third-order valence-corrected chi connectivity index (χ3v) is 24.5.